The lowest BCUT2D eigenvalue weighted by Crippen LogP contribution is -2.10. The fourth-order valence-electron chi connectivity index (χ4n) is 5.96. The van der Waals surface area contributed by atoms with E-state index in [0.717, 1.165) is 10.3 Å². The van der Waals surface area contributed by atoms with Crippen LogP contribution in [0.5, 0.6) is 0 Å². The Kier molecular flexibility index (Phi) is 3.20. The van der Waals surface area contributed by atoms with Crippen molar-refractivity contribution in [3.8, 4) is 22.3 Å². The number of anilines is 3. The maximum Gasteiger partial charge on any atom is 0.143 e. The number of para-hydroxylation sites is 1. The smallest absolute Gasteiger partial charge is 0.143 e. The molecule has 0 aliphatic heterocycles. The molecule has 10 aromatic rings. The highest BCUT2D eigenvalue weighted by Crippen LogP contribution is 2.45. The van der Waals surface area contributed by atoms with Gasteiger partial charge in [-0.3, -0.25) is 0 Å². The summed E-state index contributed by atoms with van der Waals surface area (Å²) in [7, 11) is 0. The van der Waals surface area contributed by atoms with Gasteiger partial charge in [-0.25, -0.2) is 0 Å². The van der Waals surface area contributed by atoms with Gasteiger partial charge in [0.2, 0.25) is 0 Å². The normalized spacial score (nSPS) is 17.4. The first-order chi connectivity index (χ1) is 32.6. The number of benzene rings is 8. The molecule has 0 fully saturated rings. The molecule has 0 bridgehead atoms. The van der Waals surface area contributed by atoms with Crippen molar-refractivity contribution in [3.63, 3.8) is 0 Å². The first-order valence-electron chi connectivity index (χ1n) is 25.0. The van der Waals surface area contributed by atoms with Crippen LogP contribution in [0.4, 0.5) is 17.1 Å². The first kappa shape index (κ1) is 14.3. The minimum Gasteiger partial charge on any atom is -0.456 e. The molecular formula is C46H29NO2. The molecule has 2 aromatic heterocycles. The Morgan fingerprint density at radius 3 is 1.92 bits per heavy atom. The van der Waals surface area contributed by atoms with Gasteiger partial charge in [0.25, 0.3) is 0 Å². The Morgan fingerprint density at radius 1 is 0.429 bits per heavy atom. The molecule has 0 saturated carbocycles. The van der Waals surface area contributed by atoms with Crippen molar-refractivity contribution in [1.82, 2.24) is 0 Å². The lowest BCUT2D eigenvalue weighted by atomic mass is 10.0. The lowest BCUT2D eigenvalue weighted by molar-refractivity contribution is 0.669. The van der Waals surface area contributed by atoms with E-state index in [2.05, 4.69) is 0 Å². The van der Waals surface area contributed by atoms with Crippen LogP contribution < -0.4 is 4.90 Å². The molecule has 0 N–H and O–H groups in total. The van der Waals surface area contributed by atoms with Gasteiger partial charge in [-0.15, -0.1) is 0 Å². The van der Waals surface area contributed by atoms with E-state index in [0.29, 0.717) is 16.4 Å². The minimum absolute atomic E-state index is 0.0223. The summed E-state index contributed by atoms with van der Waals surface area (Å²) in [5, 5.41) is 1.65. The van der Waals surface area contributed by atoms with E-state index in [-0.39, 0.29) is 27.4 Å². The molecule has 230 valence electrons. The molecule has 3 heteroatoms. The van der Waals surface area contributed by atoms with Crippen molar-refractivity contribution in [1.29, 1.82) is 0 Å². The van der Waals surface area contributed by atoms with Crippen molar-refractivity contribution in [2.75, 3.05) is 4.90 Å². The Balaban J connectivity index is 1.31. The van der Waals surface area contributed by atoms with Crippen LogP contribution in [0.1, 0.15) is 27.4 Å². The molecule has 0 saturated heterocycles. The van der Waals surface area contributed by atoms with E-state index in [4.69, 9.17) is 23.9 Å². The quantitative estimate of drug-likeness (QED) is 0.186. The van der Waals surface area contributed by atoms with E-state index in [9.17, 15) is 12.3 Å². The van der Waals surface area contributed by atoms with Gasteiger partial charge < -0.3 is 13.7 Å². The molecule has 8 aromatic carbocycles. The van der Waals surface area contributed by atoms with Gasteiger partial charge in [0, 0.05) is 32.9 Å². The summed E-state index contributed by atoms with van der Waals surface area (Å²) in [5.41, 5.74) is -4.12. The van der Waals surface area contributed by atoms with Crippen LogP contribution in [0.15, 0.2) is 184 Å². The van der Waals surface area contributed by atoms with Gasteiger partial charge in [0.05, 0.1) is 38.5 Å². The SMILES string of the molecule is [2H]c1c([2H])c([2H])c(-c2c([2H])c([2H])c(N(c3c([2H])c([2H])c(-c4c([2H])c([2H])c5c(oc6c([2H])c([2H])c([2H])c([2H])c65)c4[2H])c([2H])c3[2H])c3cccc4oc5c6ccccc6ccc5c34)c([2H])c2[2H])c([2H])c1[2H]. The van der Waals surface area contributed by atoms with Crippen molar-refractivity contribution in [3.05, 3.63) is 175 Å². The van der Waals surface area contributed by atoms with E-state index in [1.807, 2.05) is 24.3 Å². The number of nitrogens with zero attached hydrogens (tertiary/aromatic N) is 1. The molecular weight excluding hydrogens is 599 g/mol. The van der Waals surface area contributed by atoms with Crippen molar-refractivity contribution < 1.29 is 36.2 Å². The van der Waals surface area contributed by atoms with Gasteiger partial charge in [-0.2, -0.15) is 0 Å². The Hall–Kier alpha value is -6.58. The summed E-state index contributed by atoms with van der Waals surface area (Å²) in [6.45, 7) is 0. The summed E-state index contributed by atoms with van der Waals surface area (Å²) >= 11 is 0. The monoisotopic (exact) mass is 647 g/mol. The van der Waals surface area contributed by atoms with Crippen LogP contribution in [0.2, 0.25) is 0 Å². The number of hydrogen-bond acceptors (Lipinski definition) is 3. The van der Waals surface area contributed by atoms with Gasteiger partial charge >= 0.3 is 0 Å². The summed E-state index contributed by atoms with van der Waals surface area (Å²) in [5.74, 6) is 0. The third kappa shape index (κ3) is 4.51. The van der Waals surface area contributed by atoms with Crippen LogP contribution in [0.25, 0.3) is 76.9 Å². The molecule has 0 spiro atoms. The molecule has 0 amide bonds. The fraction of sp³-hybridized carbons (Fsp3) is 0. The third-order valence-corrected chi connectivity index (χ3v) is 8.16. The largest absolute Gasteiger partial charge is 0.456 e. The lowest BCUT2D eigenvalue weighted by Gasteiger charge is -2.26. The molecule has 0 aliphatic carbocycles. The van der Waals surface area contributed by atoms with Crippen LogP contribution >= 0.6 is 0 Å². The Morgan fingerprint density at radius 2 is 1.10 bits per heavy atom. The van der Waals surface area contributed by atoms with Crippen LogP contribution in [0.3, 0.4) is 0 Å². The van der Waals surface area contributed by atoms with Crippen LogP contribution in [0, 0.1) is 0 Å². The second-order valence-corrected chi connectivity index (χ2v) is 11.0. The van der Waals surface area contributed by atoms with Crippen molar-refractivity contribution >= 4 is 71.7 Å². The molecule has 49 heavy (non-hydrogen) atoms. The number of fused-ring (bicyclic) bond motifs is 8. The third-order valence-electron chi connectivity index (χ3n) is 8.16. The molecule has 2 heterocycles. The number of furan rings is 2. The van der Waals surface area contributed by atoms with Gasteiger partial charge in [0.1, 0.15) is 22.3 Å². The summed E-state index contributed by atoms with van der Waals surface area (Å²) in [6, 6.07) is -0.277. The zero-order valence-electron chi connectivity index (χ0n) is 45.0. The highest BCUT2D eigenvalue weighted by Gasteiger charge is 2.20. The maximum absolute atomic E-state index is 9.63. The maximum atomic E-state index is 9.63. The number of hydrogen-bond donors (Lipinski definition) is 0. The topological polar surface area (TPSA) is 29.5 Å². The second-order valence-electron chi connectivity index (χ2n) is 11.0. The van der Waals surface area contributed by atoms with Gasteiger partial charge in [-0.1, -0.05) is 115 Å². The van der Waals surface area contributed by atoms with Crippen LogP contribution in [-0.4, -0.2) is 0 Å². The van der Waals surface area contributed by atoms with E-state index in [1.165, 1.54) is 12.1 Å². The van der Waals surface area contributed by atoms with Crippen molar-refractivity contribution in [2.45, 2.75) is 0 Å². The van der Waals surface area contributed by atoms with Gasteiger partial charge in [0.15, 0.2) is 0 Å². The van der Waals surface area contributed by atoms with E-state index >= 15 is 0 Å². The summed E-state index contributed by atoms with van der Waals surface area (Å²) < 4.78 is 190. The van der Waals surface area contributed by atoms with Crippen LogP contribution in [-0.2, 0) is 0 Å². The molecule has 10 rings (SSSR count). The van der Waals surface area contributed by atoms with E-state index in [1.54, 1.807) is 18.2 Å². The Bertz CT molecular complexity index is 3910. The first-order valence-corrected chi connectivity index (χ1v) is 15.0. The number of rotatable bonds is 5. The summed E-state index contributed by atoms with van der Waals surface area (Å²) in [6.07, 6.45) is 0. The fourth-order valence-corrected chi connectivity index (χ4v) is 5.96. The van der Waals surface area contributed by atoms with E-state index < -0.39 is 166 Å². The summed E-state index contributed by atoms with van der Waals surface area (Å²) in [4.78, 5) is 0.994. The average molecular weight is 648 g/mol. The molecule has 0 radical (unpaired) electrons. The average Bonchev–Trinajstić information content (AvgIpc) is 3.94. The molecule has 0 atom stereocenters. The zero-order chi connectivity index (χ0) is 49.7. The highest BCUT2D eigenvalue weighted by molar-refractivity contribution is 6.19. The predicted molar refractivity (Wildman–Crippen MR) is 204 cm³/mol. The Labute approximate surface area is 311 Å². The molecule has 0 aliphatic rings. The highest BCUT2D eigenvalue weighted by atomic mass is 16.3. The zero-order valence-corrected chi connectivity index (χ0v) is 25.0. The predicted octanol–water partition coefficient (Wildman–Crippen LogP) is 13.4. The second kappa shape index (κ2) is 11.0. The minimum atomic E-state index is -0.890. The molecule has 0 unspecified atom stereocenters. The molecule has 3 nitrogen and oxygen atoms in total. The van der Waals surface area contributed by atoms with Gasteiger partial charge in [-0.05, 0) is 88.1 Å². The standard InChI is InChI=1S/C46H29NO2/c1-2-9-30(10-3-1)31-17-23-35(24-18-31)47(41-14-8-16-43-45(41)40-28-21-33-11-4-5-12-37(33)46(40)49-43)36-25-19-32(20-26-36)34-22-27-39-38-13-6-7-15-42(38)48-44(39)29-34/h1-29H/i1D,2D,3D,6D,7D,9D,10D,13D,15D,17D,18D,19D,20D,22D,23D,24D,25D,26D,27D,29D. The van der Waals surface area contributed by atoms with Crippen molar-refractivity contribution in [2.24, 2.45) is 0 Å².